The predicted molar refractivity (Wildman–Crippen MR) is 112 cm³/mol. The first-order chi connectivity index (χ1) is 13.6. The maximum Gasteiger partial charge on any atom is 0.248 e. The van der Waals surface area contributed by atoms with Crippen LogP contribution < -0.4 is 10.2 Å². The fourth-order valence-corrected chi connectivity index (χ4v) is 5.57. The Morgan fingerprint density at radius 1 is 1.34 bits per heavy atom. The van der Waals surface area contributed by atoms with Crippen LogP contribution >= 0.6 is 11.6 Å². The summed E-state index contributed by atoms with van der Waals surface area (Å²) in [5.41, 5.74) is 1.74. The van der Waals surface area contributed by atoms with Gasteiger partial charge in [0.1, 0.15) is 10.6 Å². The van der Waals surface area contributed by atoms with Gasteiger partial charge in [-0.3, -0.25) is 4.79 Å². The van der Waals surface area contributed by atoms with Gasteiger partial charge in [0, 0.05) is 32.2 Å². The molecule has 3 rings (SSSR count). The minimum absolute atomic E-state index is 0.0864. The van der Waals surface area contributed by atoms with E-state index in [9.17, 15) is 13.2 Å². The van der Waals surface area contributed by atoms with Crippen molar-refractivity contribution in [2.75, 3.05) is 37.4 Å². The number of rotatable bonds is 5. The van der Waals surface area contributed by atoms with Crippen LogP contribution in [0.15, 0.2) is 27.6 Å². The van der Waals surface area contributed by atoms with Crippen molar-refractivity contribution in [1.82, 2.24) is 9.46 Å². The van der Waals surface area contributed by atoms with E-state index in [1.165, 1.54) is 4.31 Å². The van der Waals surface area contributed by atoms with Crippen LogP contribution in [-0.2, 0) is 14.8 Å². The molecule has 1 saturated heterocycles. The van der Waals surface area contributed by atoms with Gasteiger partial charge < -0.3 is 14.7 Å². The first kappa shape index (κ1) is 21.6. The summed E-state index contributed by atoms with van der Waals surface area (Å²) >= 11 is 6.09. The summed E-state index contributed by atoms with van der Waals surface area (Å²) < 4.78 is 32.5. The van der Waals surface area contributed by atoms with Crippen molar-refractivity contribution in [3.63, 3.8) is 0 Å². The maximum absolute atomic E-state index is 13.1. The lowest BCUT2D eigenvalue weighted by molar-refractivity contribution is -0.120. The second kappa shape index (κ2) is 8.33. The molecule has 1 fully saturated rings. The van der Waals surface area contributed by atoms with Gasteiger partial charge in [-0.15, -0.1) is 0 Å². The van der Waals surface area contributed by atoms with Gasteiger partial charge in [-0.1, -0.05) is 16.8 Å². The number of halogens is 1. The van der Waals surface area contributed by atoms with Crippen molar-refractivity contribution in [2.24, 2.45) is 5.92 Å². The van der Waals surface area contributed by atoms with E-state index in [4.69, 9.17) is 16.1 Å². The van der Waals surface area contributed by atoms with Crippen molar-refractivity contribution < 1.29 is 17.7 Å². The van der Waals surface area contributed by atoms with E-state index in [2.05, 4.69) is 10.5 Å². The first-order valence-electron chi connectivity index (χ1n) is 9.32. The monoisotopic (exact) mass is 440 g/mol. The zero-order valence-electron chi connectivity index (χ0n) is 16.9. The van der Waals surface area contributed by atoms with Gasteiger partial charge in [0.2, 0.25) is 15.9 Å². The van der Waals surface area contributed by atoms with Crippen molar-refractivity contribution in [3.8, 4) is 0 Å². The van der Waals surface area contributed by atoms with Gasteiger partial charge in [0.15, 0.2) is 5.76 Å². The molecule has 10 heteroatoms. The minimum atomic E-state index is -3.78. The van der Waals surface area contributed by atoms with Gasteiger partial charge in [-0.05, 0) is 44.9 Å². The molecule has 0 aliphatic carbocycles. The van der Waals surface area contributed by atoms with Crippen molar-refractivity contribution in [3.05, 3.63) is 34.7 Å². The summed E-state index contributed by atoms with van der Waals surface area (Å²) in [4.78, 5) is 14.9. The van der Waals surface area contributed by atoms with E-state index in [0.717, 1.165) is 5.69 Å². The van der Waals surface area contributed by atoms with Crippen LogP contribution in [0.25, 0.3) is 0 Å². The lowest BCUT2D eigenvalue weighted by atomic mass is 9.98. The number of benzene rings is 1. The Balaban J connectivity index is 1.80. The number of hydrogen-bond acceptors (Lipinski definition) is 6. The topological polar surface area (TPSA) is 95.8 Å². The number of aromatic nitrogens is 1. The number of piperidine rings is 1. The molecule has 1 aliphatic rings. The highest BCUT2D eigenvalue weighted by atomic mass is 35.5. The number of carbonyl (C=O) groups excluding carboxylic acids is 1. The molecule has 0 saturated carbocycles. The molecule has 1 aromatic carbocycles. The summed E-state index contributed by atoms with van der Waals surface area (Å²) in [6.07, 6.45) is 1.20. The van der Waals surface area contributed by atoms with Crippen molar-refractivity contribution in [2.45, 2.75) is 31.6 Å². The molecule has 1 unspecified atom stereocenters. The second-order valence-corrected chi connectivity index (χ2v) is 9.71. The average molecular weight is 441 g/mol. The lowest BCUT2D eigenvalue weighted by Gasteiger charge is -2.31. The molecular weight excluding hydrogens is 416 g/mol. The summed E-state index contributed by atoms with van der Waals surface area (Å²) in [6, 6.07) is 5.27. The number of amides is 1. The Hall–Kier alpha value is -2.10. The Bertz CT molecular complexity index is 1000. The van der Waals surface area contributed by atoms with Crippen LogP contribution in [0, 0.1) is 19.8 Å². The van der Waals surface area contributed by atoms with Crippen molar-refractivity contribution in [1.29, 1.82) is 0 Å². The molecule has 8 nitrogen and oxygen atoms in total. The van der Waals surface area contributed by atoms with Crippen LogP contribution in [0.3, 0.4) is 0 Å². The molecule has 1 aliphatic heterocycles. The Morgan fingerprint density at radius 2 is 2.07 bits per heavy atom. The summed E-state index contributed by atoms with van der Waals surface area (Å²) in [5.74, 6) is -0.439. The molecule has 0 spiro atoms. The average Bonchev–Trinajstić information content (AvgIpc) is 3.00. The first-order valence-corrected chi connectivity index (χ1v) is 11.1. The number of nitrogens with one attached hydrogen (secondary N) is 1. The Kier molecular flexibility index (Phi) is 6.21. The molecule has 1 amide bonds. The zero-order valence-corrected chi connectivity index (χ0v) is 18.5. The van der Waals surface area contributed by atoms with E-state index in [1.807, 2.05) is 25.1 Å². The van der Waals surface area contributed by atoms with Gasteiger partial charge in [-0.25, -0.2) is 8.42 Å². The number of hydrogen-bond donors (Lipinski definition) is 1. The number of anilines is 2. The van der Waals surface area contributed by atoms with E-state index in [1.54, 1.807) is 26.0 Å². The van der Waals surface area contributed by atoms with Gasteiger partial charge >= 0.3 is 0 Å². The van der Waals surface area contributed by atoms with Crippen LogP contribution in [0.5, 0.6) is 0 Å². The van der Waals surface area contributed by atoms with Crippen molar-refractivity contribution >= 4 is 38.9 Å². The summed E-state index contributed by atoms with van der Waals surface area (Å²) in [6.45, 7) is 3.63. The van der Waals surface area contributed by atoms with E-state index in [-0.39, 0.29) is 23.1 Å². The molecular formula is C19H25ClN4O4S. The van der Waals surface area contributed by atoms with Crippen LogP contribution in [0.2, 0.25) is 5.02 Å². The maximum atomic E-state index is 13.1. The minimum Gasteiger partial charge on any atom is -0.376 e. The molecule has 29 heavy (non-hydrogen) atoms. The second-order valence-electron chi connectivity index (χ2n) is 7.40. The summed E-state index contributed by atoms with van der Waals surface area (Å²) in [5, 5.41) is 7.17. The SMILES string of the molecule is Cc1noc(C)c1S(=O)(=O)N1CCCC(C(=O)Nc2cc(Cl)ccc2N(C)C)C1. The number of sulfonamides is 1. The number of carbonyl (C=O) groups is 1. The smallest absolute Gasteiger partial charge is 0.248 e. The third-order valence-corrected chi connectivity index (χ3v) is 7.36. The molecule has 1 atom stereocenters. The molecule has 0 radical (unpaired) electrons. The van der Waals surface area contributed by atoms with Gasteiger partial charge in [-0.2, -0.15) is 4.31 Å². The number of nitrogens with zero attached hydrogens (tertiary/aromatic N) is 3. The molecule has 1 N–H and O–H groups in total. The third kappa shape index (κ3) is 4.41. The predicted octanol–water partition coefficient (Wildman–Crippen LogP) is 3.05. The largest absolute Gasteiger partial charge is 0.376 e. The highest BCUT2D eigenvalue weighted by Gasteiger charge is 2.36. The standard InChI is InChI=1S/C19H25ClN4O4S/c1-12-18(13(2)28-22-12)29(26,27)24-9-5-6-14(11-24)19(25)21-16-10-15(20)7-8-17(16)23(3)4/h7-8,10,14H,5-6,9,11H2,1-4H3,(H,21,25). The molecule has 0 bridgehead atoms. The van der Waals surface area contributed by atoms with Crippen LogP contribution in [-0.4, -0.2) is 51.0 Å². The van der Waals surface area contributed by atoms with E-state index < -0.39 is 15.9 Å². The zero-order chi connectivity index (χ0) is 21.3. The fourth-order valence-electron chi connectivity index (χ4n) is 3.58. The molecule has 158 valence electrons. The Labute approximate surface area is 175 Å². The highest BCUT2D eigenvalue weighted by Crippen LogP contribution is 2.31. The third-order valence-electron chi connectivity index (χ3n) is 5.02. The fraction of sp³-hybridized carbons (Fsp3) is 0.474. The molecule has 2 heterocycles. The number of aryl methyl sites for hydroxylation is 2. The lowest BCUT2D eigenvalue weighted by Crippen LogP contribution is -2.44. The van der Waals surface area contributed by atoms with E-state index >= 15 is 0 Å². The molecule has 2 aromatic rings. The van der Waals surface area contributed by atoms with Crippen LogP contribution in [0.1, 0.15) is 24.3 Å². The normalized spacial score (nSPS) is 17.9. The van der Waals surface area contributed by atoms with E-state index in [0.29, 0.717) is 35.8 Å². The quantitative estimate of drug-likeness (QED) is 0.767. The molecule has 1 aromatic heterocycles. The van der Waals surface area contributed by atoms with Gasteiger partial charge in [0.25, 0.3) is 0 Å². The summed E-state index contributed by atoms with van der Waals surface area (Å²) in [7, 11) is -0.0350. The highest BCUT2D eigenvalue weighted by molar-refractivity contribution is 7.89. The van der Waals surface area contributed by atoms with Gasteiger partial charge in [0.05, 0.1) is 17.3 Å². The Morgan fingerprint density at radius 3 is 2.69 bits per heavy atom. The van der Waals surface area contributed by atoms with Crippen LogP contribution in [0.4, 0.5) is 11.4 Å².